The van der Waals surface area contributed by atoms with E-state index in [1.165, 1.54) is 6.07 Å². The fraction of sp³-hybridized carbons (Fsp3) is 0.538. The Balaban J connectivity index is 0.00000162. The number of aromatic hydroxyl groups is 1. The molecular formula is C13H21Cl2FN2O. The zero-order valence-corrected chi connectivity index (χ0v) is 12.6. The molecule has 1 aromatic carbocycles. The molecule has 6 heteroatoms. The van der Waals surface area contributed by atoms with Gasteiger partial charge in [0.2, 0.25) is 0 Å². The Labute approximate surface area is 126 Å². The molecule has 1 aliphatic rings. The first-order valence-corrected chi connectivity index (χ1v) is 6.16. The van der Waals surface area contributed by atoms with Crippen molar-refractivity contribution in [3.8, 4) is 5.75 Å². The number of piperazine rings is 1. The van der Waals surface area contributed by atoms with Crippen LogP contribution in [-0.2, 0) is 0 Å². The molecule has 0 aliphatic carbocycles. The van der Waals surface area contributed by atoms with E-state index in [2.05, 4.69) is 17.1 Å². The Bertz CT molecular complexity index is 387. The van der Waals surface area contributed by atoms with E-state index in [1.54, 1.807) is 6.07 Å². The quantitative estimate of drug-likeness (QED) is 0.901. The second-order valence-corrected chi connectivity index (χ2v) is 4.39. The van der Waals surface area contributed by atoms with E-state index in [0.29, 0.717) is 5.56 Å². The molecule has 2 N–H and O–H groups in total. The van der Waals surface area contributed by atoms with E-state index in [9.17, 15) is 9.50 Å². The van der Waals surface area contributed by atoms with Crippen LogP contribution in [0.1, 0.15) is 24.9 Å². The van der Waals surface area contributed by atoms with E-state index >= 15 is 0 Å². The second kappa shape index (κ2) is 8.59. The molecule has 0 spiro atoms. The summed E-state index contributed by atoms with van der Waals surface area (Å²) in [5.74, 6) is -0.728. The highest BCUT2D eigenvalue weighted by Gasteiger charge is 2.23. The summed E-state index contributed by atoms with van der Waals surface area (Å²) >= 11 is 0. The Kier molecular flexibility index (Phi) is 8.34. The molecule has 1 aromatic rings. The van der Waals surface area contributed by atoms with Gasteiger partial charge in [0, 0.05) is 37.8 Å². The minimum atomic E-state index is -0.531. The van der Waals surface area contributed by atoms with E-state index in [-0.39, 0.29) is 36.6 Å². The number of phenols is 1. The Morgan fingerprint density at radius 1 is 1.32 bits per heavy atom. The summed E-state index contributed by atoms with van der Waals surface area (Å²) in [5.41, 5.74) is 0.703. The predicted octanol–water partition coefficient (Wildman–Crippen LogP) is 2.73. The molecule has 3 nitrogen and oxygen atoms in total. The number of halogens is 3. The largest absolute Gasteiger partial charge is 0.505 e. The van der Waals surface area contributed by atoms with Crippen LogP contribution in [0.3, 0.4) is 0 Å². The first-order valence-electron chi connectivity index (χ1n) is 6.16. The highest BCUT2D eigenvalue weighted by molar-refractivity contribution is 5.85. The topological polar surface area (TPSA) is 35.5 Å². The third-order valence-corrected chi connectivity index (χ3v) is 3.36. The third-order valence-electron chi connectivity index (χ3n) is 3.36. The standard InChI is InChI=1S/C13H19FN2O.2ClH/c1-2-12(16-8-6-15-7-9-16)10-4-3-5-11(14)13(10)17;;/h3-5,12,15,17H,2,6-9H2,1H3;2*1H/t12-;;/m0../s1. The molecule has 1 saturated heterocycles. The Morgan fingerprint density at radius 3 is 2.53 bits per heavy atom. The molecule has 0 bridgehead atoms. The van der Waals surface area contributed by atoms with Gasteiger partial charge in [0.15, 0.2) is 11.6 Å². The highest BCUT2D eigenvalue weighted by Crippen LogP contribution is 2.32. The average molecular weight is 311 g/mol. The lowest BCUT2D eigenvalue weighted by molar-refractivity contribution is 0.166. The van der Waals surface area contributed by atoms with Gasteiger partial charge < -0.3 is 10.4 Å². The van der Waals surface area contributed by atoms with Crippen molar-refractivity contribution in [2.45, 2.75) is 19.4 Å². The molecule has 0 radical (unpaired) electrons. The van der Waals surface area contributed by atoms with Crippen LogP contribution >= 0.6 is 24.8 Å². The van der Waals surface area contributed by atoms with E-state index in [0.717, 1.165) is 32.6 Å². The number of nitrogens with zero attached hydrogens (tertiary/aromatic N) is 1. The minimum Gasteiger partial charge on any atom is -0.505 e. The molecule has 1 heterocycles. The number of hydrogen-bond donors (Lipinski definition) is 2. The molecule has 0 saturated carbocycles. The Morgan fingerprint density at radius 2 is 1.95 bits per heavy atom. The molecule has 0 unspecified atom stereocenters. The van der Waals surface area contributed by atoms with Crippen molar-refractivity contribution in [1.82, 2.24) is 10.2 Å². The smallest absolute Gasteiger partial charge is 0.165 e. The maximum absolute atomic E-state index is 13.4. The molecule has 0 aromatic heterocycles. The van der Waals surface area contributed by atoms with Crippen molar-refractivity contribution in [2.75, 3.05) is 26.2 Å². The van der Waals surface area contributed by atoms with Crippen LogP contribution in [0.4, 0.5) is 4.39 Å². The normalized spacial score (nSPS) is 17.2. The molecule has 110 valence electrons. The lowest BCUT2D eigenvalue weighted by Gasteiger charge is -2.35. The SMILES string of the molecule is CC[C@@H](c1cccc(F)c1O)N1CCNCC1.Cl.Cl. The highest BCUT2D eigenvalue weighted by atomic mass is 35.5. The monoisotopic (exact) mass is 310 g/mol. The van der Waals surface area contributed by atoms with Crippen LogP contribution in [-0.4, -0.2) is 36.2 Å². The fourth-order valence-electron chi connectivity index (χ4n) is 2.47. The lowest BCUT2D eigenvalue weighted by Crippen LogP contribution is -2.45. The summed E-state index contributed by atoms with van der Waals surface area (Å²) < 4.78 is 13.4. The molecule has 2 rings (SSSR count). The van der Waals surface area contributed by atoms with E-state index in [4.69, 9.17) is 0 Å². The van der Waals surface area contributed by atoms with Gasteiger partial charge in [0.05, 0.1) is 0 Å². The van der Waals surface area contributed by atoms with Crippen LogP contribution in [0.5, 0.6) is 5.75 Å². The van der Waals surface area contributed by atoms with Crippen LogP contribution < -0.4 is 5.32 Å². The second-order valence-electron chi connectivity index (χ2n) is 4.39. The number of phenolic OH excluding ortho intramolecular Hbond substituents is 1. The van der Waals surface area contributed by atoms with Crippen molar-refractivity contribution in [3.05, 3.63) is 29.6 Å². The van der Waals surface area contributed by atoms with Gasteiger partial charge in [-0.25, -0.2) is 4.39 Å². The van der Waals surface area contributed by atoms with Crippen molar-refractivity contribution in [3.63, 3.8) is 0 Å². The van der Waals surface area contributed by atoms with Crippen molar-refractivity contribution < 1.29 is 9.50 Å². The van der Waals surface area contributed by atoms with Gasteiger partial charge in [0.25, 0.3) is 0 Å². The minimum absolute atomic E-state index is 0. The lowest BCUT2D eigenvalue weighted by atomic mass is 10.0. The van der Waals surface area contributed by atoms with Gasteiger partial charge in [-0.2, -0.15) is 0 Å². The van der Waals surface area contributed by atoms with Gasteiger partial charge in [0.1, 0.15) is 0 Å². The number of rotatable bonds is 3. The maximum Gasteiger partial charge on any atom is 0.165 e. The summed E-state index contributed by atoms with van der Waals surface area (Å²) in [7, 11) is 0. The summed E-state index contributed by atoms with van der Waals surface area (Å²) in [6.45, 7) is 5.85. The van der Waals surface area contributed by atoms with Crippen molar-refractivity contribution in [1.29, 1.82) is 0 Å². The summed E-state index contributed by atoms with van der Waals surface area (Å²) in [4.78, 5) is 2.30. The molecule has 1 atom stereocenters. The Hall–Kier alpha value is -0.550. The first-order chi connectivity index (χ1) is 8.24. The first kappa shape index (κ1) is 18.4. The van der Waals surface area contributed by atoms with Gasteiger partial charge in [-0.15, -0.1) is 24.8 Å². The predicted molar refractivity (Wildman–Crippen MR) is 80.0 cm³/mol. The molecule has 19 heavy (non-hydrogen) atoms. The van der Waals surface area contributed by atoms with Crippen LogP contribution in [0.25, 0.3) is 0 Å². The third kappa shape index (κ3) is 4.21. The van der Waals surface area contributed by atoms with E-state index < -0.39 is 5.82 Å². The fourth-order valence-corrected chi connectivity index (χ4v) is 2.47. The molecule has 1 fully saturated rings. The summed E-state index contributed by atoms with van der Waals surface area (Å²) in [6, 6.07) is 4.88. The number of hydrogen-bond acceptors (Lipinski definition) is 3. The van der Waals surface area contributed by atoms with Crippen LogP contribution in [0.15, 0.2) is 18.2 Å². The molecular weight excluding hydrogens is 290 g/mol. The van der Waals surface area contributed by atoms with Gasteiger partial charge >= 0.3 is 0 Å². The van der Waals surface area contributed by atoms with Crippen LogP contribution in [0.2, 0.25) is 0 Å². The zero-order valence-electron chi connectivity index (χ0n) is 10.9. The van der Waals surface area contributed by atoms with Crippen molar-refractivity contribution in [2.24, 2.45) is 0 Å². The van der Waals surface area contributed by atoms with Gasteiger partial charge in [-0.3, -0.25) is 4.90 Å². The molecule has 1 aliphatic heterocycles. The van der Waals surface area contributed by atoms with Gasteiger partial charge in [-0.1, -0.05) is 19.1 Å². The summed E-state index contributed by atoms with van der Waals surface area (Å²) in [6.07, 6.45) is 0.872. The zero-order chi connectivity index (χ0) is 12.3. The average Bonchev–Trinajstić information content (AvgIpc) is 2.37. The van der Waals surface area contributed by atoms with Gasteiger partial charge in [-0.05, 0) is 12.5 Å². The maximum atomic E-state index is 13.4. The van der Waals surface area contributed by atoms with Crippen LogP contribution in [0, 0.1) is 5.82 Å². The molecule has 0 amide bonds. The number of nitrogens with one attached hydrogen (secondary N) is 1. The van der Waals surface area contributed by atoms with Crippen molar-refractivity contribution >= 4 is 24.8 Å². The number of para-hydroxylation sites is 1. The van der Waals surface area contributed by atoms with E-state index in [1.807, 2.05) is 6.07 Å². The summed E-state index contributed by atoms with van der Waals surface area (Å²) in [5, 5.41) is 13.1. The number of benzene rings is 1.